The van der Waals surface area contributed by atoms with Gasteiger partial charge >= 0.3 is 0 Å². The molecule has 1 fully saturated rings. The van der Waals surface area contributed by atoms with E-state index in [2.05, 4.69) is 38.0 Å². The fourth-order valence-corrected chi connectivity index (χ4v) is 6.15. The lowest BCUT2D eigenvalue weighted by molar-refractivity contribution is 0.201. The molecule has 4 heterocycles. The average molecular weight is 518 g/mol. The summed E-state index contributed by atoms with van der Waals surface area (Å²) in [6.07, 6.45) is 1.81. The molecule has 1 saturated heterocycles. The summed E-state index contributed by atoms with van der Waals surface area (Å²) >= 11 is 8.70. The SMILES string of the molecule is CNc1cc(OCCO)cc2cc(C3=NCC(CN4CCSCC4)S3)[nH]c12.S=c1cccc[nH]1. The van der Waals surface area contributed by atoms with Gasteiger partial charge in [0.15, 0.2) is 0 Å². The minimum absolute atomic E-state index is 0.00977. The molecule has 1 atom stereocenters. The Bertz CT molecular complexity index is 1140. The van der Waals surface area contributed by atoms with Crippen molar-refractivity contribution >= 4 is 57.4 Å². The summed E-state index contributed by atoms with van der Waals surface area (Å²) < 4.78 is 6.38. The molecule has 0 radical (unpaired) electrons. The first-order valence-corrected chi connectivity index (χ1v) is 13.8. The Balaban J connectivity index is 0.000000336. The molecule has 5 rings (SSSR count). The number of aromatic nitrogens is 2. The predicted octanol–water partition coefficient (Wildman–Crippen LogP) is 4.24. The highest BCUT2D eigenvalue weighted by atomic mass is 32.2. The standard InChI is InChI=1S/C19H26N4O2S2.C5H5NS/c1-20-16-10-14(25-5-4-24)8-13-9-17(22-18(13)16)19-21-11-15(27-19)12-23-2-6-26-7-3-23;7-5-3-1-2-4-6-5/h8-10,15,20,22,24H,2-7,11-12H2,1H3;1-4H,(H,6,7). The molecule has 1 unspecified atom stereocenters. The number of fused-ring (bicyclic) bond motifs is 1. The number of pyridine rings is 1. The molecule has 3 aromatic rings. The summed E-state index contributed by atoms with van der Waals surface area (Å²) in [5.41, 5.74) is 3.11. The molecule has 1 aromatic carbocycles. The van der Waals surface area contributed by atoms with Gasteiger partial charge in [-0.2, -0.15) is 11.8 Å². The zero-order valence-corrected chi connectivity index (χ0v) is 21.7. The minimum atomic E-state index is 0.00977. The number of ether oxygens (including phenoxy) is 1. The lowest BCUT2D eigenvalue weighted by atomic mass is 10.2. The van der Waals surface area contributed by atoms with E-state index in [0.29, 0.717) is 11.9 Å². The molecule has 2 aromatic heterocycles. The van der Waals surface area contributed by atoms with Crippen molar-refractivity contribution in [3.8, 4) is 5.75 Å². The van der Waals surface area contributed by atoms with Crippen molar-refractivity contribution in [1.29, 1.82) is 0 Å². The van der Waals surface area contributed by atoms with Crippen LogP contribution in [-0.2, 0) is 0 Å². The number of anilines is 1. The first-order valence-electron chi connectivity index (χ1n) is 11.4. The van der Waals surface area contributed by atoms with Crippen LogP contribution >= 0.6 is 35.7 Å². The van der Waals surface area contributed by atoms with Gasteiger partial charge in [0.1, 0.15) is 22.0 Å². The number of aliphatic imine (C=N–C) groups is 1. The van der Waals surface area contributed by atoms with E-state index in [-0.39, 0.29) is 6.61 Å². The minimum Gasteiger partial charge on any atom is -0.491 e. The maximum absolute atomic E-state index is 8.99. The first kappa shape index (κ1) is 25.1. The van der Waals surface area contributed by atoms with Crippen LogP contribution in [0, 0.1) is 4.64 Å². The summed E-state index contributed by atoms with van der Waals surface area (Å²) in [5.74, 6) is 3.26. The molecular weight excluding hydrogens is 486 g/mol. The summed E-state index contributed by atoms with van der Waals surface area (Å²) in [6.45, 7) is 4.72. The Morgan fingerprint density at radius 2 is 2.12 bits per heavy atom. The van der Waals surface area contributed by atoms with Crippen LogP contribution in [0.2, 0.25) is 0 Å². The van der Waals surface area contributed by atoms with Gasteiger partial charge in [-0.3, -0.25) is 4.99 Å². The Hall–Kier alpha value is -1.98. The van der Waals surface area contributed by atoms with E-state index >= 15 is 0 Å². The Kier molecular flexibility index (Phi) is 9.34. The van der Waals surface area contributed by atoms with Crippen LogP contribution < -0.4 is 10.1 Å². The number of hydrogen-bond acceptors (Lipinski definition) is 8. The van der Waals surface area contributed by atoms with Crippen LogP contribution in [-0.4, -0.2) is 88.2 Å². The molecule has 34 heavy (non-hydrogen) atoms. The third kappa shape index (κ3) is 6.79. The summed E-state index contributed by atoms with van der Waals surface area (Å²) in [5, 5.41) is 14.9. The van der Waals surface area contributed by atoms with Crippen LogP contribution in [0.25, 0.3) is 10.9 Å². The Morgan fingerprint density at radius 1 is 1.26 bits per heavy atom. The molecule has 0 amide bonds. The number of hydrogen-bond donors (Lipinski definition) is 4. The molecule has 7 nitrogen and oxygen atoms in total. The van der Waals surface area contributed by atoms with E-state index in [9.17, 15) is 0 Å². The number of H-pyrrole nitrogens is 2. The molecule has 0 aliphatic carbocycles. The maximum Gasteiger partial charge on any atom is 0.122 e. The quantitative estimate of drug-likeness (QED) is 0.349. The largest absolute Gasteiger partial charge is 0.491 e. The van der Waals surface area contributed by atoms with Crippen molar-refractivity contribution in [3.63, 3.8) is 0 Å². The van der Waals surface area contributed by atoms with Crippen molar-refractivity contribution in [2.75, 3.05) is 63.3 Å². The molecule has 0 saturated carbocycles. The fourth-order valence-electron chi connectivity index (χ4n) is 3.89. The summed E-state index contributed by atoms with van der Waals surface area (Å²) in [6, 6.07) is 11.8. The van der Waals surface area contributed by atoms with Gasteiger partial charge in [-0.25, -0.2) is 0 Å². The Morgan fingerprint density at radius 3 is 2.79 bits per heavy atom. The van der Waals surface area contributed by atoms with Crippen molar-refractivity contribution in [3.05, 3.63) is 52.9 Å². The summed E-state index contributed by atoms with van der Waals surface area (Å²) in [4.78, 5) is 13.8. The third-order valence-electron chi connectivity index (χ3n) is 5.52. The van der Waals surface area contributed by atoms with Crippen molar-refractivity contribution < 1.29 is 9.84 Å². The number of nitrogens with zero attached hydrogens (tertiary/aromatic N) is 2. The molecule has 2 aliphatic heterocycles. The molecular formula is C24H31N5O2S3. The number of nitrogens with one attached hydrogen (secondary N) is 3. The second-order valence-electron chi connectivity index (χ2n) is 7.97. The van der Waals surface area contributed by atoms with Gasteiger partial charge < -0.3 is 30.0 Å². The van der Waals surface area contributed by atoms with Gasteiger partial charge in [0, 0.05) is 61.1 Å². The lowest BCUT2D eigenvalue weighted by Crippen LogP contribution is -2.37. The topological polar surface area (TPSA) is 88.7 Å². The summed E-state index contributed by atoms with van der Waals surface area (Å²) in [7, 11) is 1.90. The van der Waals surface area contributed by atoms with Gasteiger partial charge in [-0.1, -0.05) is 30.0 Å². The van der Waals surface area contributed by atoms with Gasteiger partial charge in [-0.05, 0) is 24.3 Å². The number of benzene rings is 1. The van der Waals surface area contributed by atoms with Gasteiger partial charge in [0.2, 0.25) is 0 Å². The van der Waals surface area contributed by atoms with Crippen LogP contribution in [0.15, 0.2) is 47.6 Å². The van der Waals surface area contributed by atoms with Gasteiger partial charge in [-0.15, -0.1) is 0 Å². The number of rotatable bonds is 7. The second-order valence-corrected chi connectivity index (χ2v) is 10.9. The van der Waals surface area contributed by atoms with E-state index in [1.807, 2.05) is 55.3 Å². The number of aromatic amines is 2. The van der Waals surface area contributed by atoms with Crippen LogP contribution in [0.3, 0.4) is 0 Å². The van der Waals surface area contributed by atoms with E-state index in [1.54, 1.807) is 0 Å². The molecule has 0 spiro atoms. The zero-order valence-electron chi connectivity index (χ0n) is 19.3. The van der Waals surface area contributed by atoms with Crippen molar-refractivity contribution in [1.82, 2.24) is 14.9 Å². The van der Waals surface area contributed by atoms with Crippen molar-refractivity contribution in [2.45, 2.75) is 5.25 Å². The van der Waals surface area contributed by atoms with Gasteiger partial charge in [0.25, 0.3) is 0 Å². The monoisotopic (exact) mass is 517 g/mol. The molecule has 182 valence electrons. The number of thioether (sulfide) groups is 2. The lowest BCUT2D eigenvalue weighted by Gasteiger charge is -2.28. The number of aliphatic hydroxyl groups excluding tert-OH is 1. The molecule has 10 heteroatoms. The van der Waals surface area contributed by atoms with Crippen LogP contribution in [0.1, 0.15) is 5.69 Å². The predicted molar refractivity (Wildman–Crippen MR) is 149 cm³/mol. The van der Waals surface area contributed by atoms with E-state index < -0.39 is 0 Å². The van der Waals surface area contributed by atoms with Gasteiger partial charge in [0.05, 0.1) is 30.0 Å². The molecule has 0 bridgehead atoms. The van der Waals surface area contributed by atoms with Crippen LogP contribution in [0.5, 0.6) is 5.75 Å². The number of aliphatic hydroxyl groups is 1. The van der Waals surface area contributed by atoms with Crippen molar-refractivity contribution in [2.24, 2.45) is 4.99 Å². The Labute approximate surface area is 213 Å². The first-order chi connectivity index (χ1) is 16.7. The average Bonchev–Trinajstić information content (AvgIpc) is 3.51. The smallest absolute Gasteiger partial charge is 0.122 e. The van der Waals surface area contributed by atoms with Crippen LogP contribution in [0.4, 0.5) is 5.69 Å². The maximum atomic E-state index is 8.99. The normalized spacial score (nSPS) is 18.3. The van der Waals surface area contributed by atoms with E-state index in [0.717, 1.165) is 50.8 Å². The molecule has 2 aliphatic rings. The highest BCUT2D eigenvalue weighted by molar-refractivity contribution is 8.15. The van der Waals surface area contributed by atoms with E-state index in [4.69, 9.17) is 27.1 Å². The highest BCUT2D eigenvalue weighted by Crippen LogP contribution is 2.33. The second kappa shape index (κ2) is 12.6. The van der Waals surface area contributed by atoms with E-state index in [1.165, 1.54) is 24.6 Å². The third-order valence-corrected chi connectivity index (χ3v) is 7.92. The zero-order chi connectivity index (χ0) is 23.8. The highest BCUT2D eigenvalue weighted by Gasteiger charge is 2.25. The molecule has 4 N–H and O–H groups in total. The fraction of sp³-hybridized carbons (Fsp3) is 0.417.